The summed E-state index contributed by atoms with van der Waals surface area (Å²) < 4.78 is 5.11. The van der Waals surface area contributed by atoms with Crippen molar-refractivity contribution in [2.75, 3.05) is 19.0 Å². The number of amides is 1. The van der Waals surface area contributed by atoms with Gasteiger partial charge in [-0.3, -0.25) is 4.79 Å². The number of anilines is 1. The molecule has 0 saturated carbocycles. The van der Waals surface area contributed by atoms with Crippen LogP contribution in [-0.2, 0) is 4.74 Å². The van der Waals surface area contributed by atoms with Crippen molar-refractivity contribution in [1.82, 2.24) is 5.32 Å². The van der Waals surface area contributed by atoms with Crippen LogP contribution in [0, 0.1) is 5.92 Å². The van der Waals surface area contributed by atoms with Crippen molar-refractivity contribution in [3.05, 3.63) is 28.8 Å². The minimum absolute atomic E-state index is 0.0324. The maximum atomic E-state index is 12.2. The van der Waals surface area contributed by atoms with Crippen molar-refractivity contribution in [3.63, 3.8) is 0 Å². The smallest absolute Gasteiger partial charge is 0.252 e. The molecule has 4 nitrogen and oxygen atoms in total. The summed E-state index contributed by atoms with van der Waals surface area (Å²) in [5.41, 5.74) is 1.37. The number of carbonyl (C=O) groups is 1. The fraction of sp³-hybridized carbons (Fsp3) is 0.562. The Kier molecular flexibility index (Phi) is 6.99. The maximum Gasteiger partial charge on any atom is 0.252 e. The van der Waals surface area contributed by atoms with Gasteiger partial charge in [0.1, 0.15) is 0 Å². The second-order valence-electron chi connectivity index (χ2n) is 5.63. The van der Waals surface area contributed by atoms with Gasteiger partial charge in [-0.15, -0.1) is 0 Å². The summed E-state index contributed by atoms with van der Waals surface area (Å²) in [6, 6.07) is 5.73. The van der Waals surface area contributed by atoms with Crippen LogP contribution in [0.2, 0.25) is 5.02 Å². The van der Waals surface area contributed by atoms with Gasteiger partial charge < -0.3 is 15.4 Å². The van der Waals surface area contributed by atoms with E-state index in [0.717, 1.165) is 5.69 Å². The van der Waals surface area contributed by atoms with Gasteiger partial charge in [0.25, 0.3) is 5.91 Å². The van der Waals surface area contributed by atoms with E-state index in [1.54, 1.807) is 19.2 Å². The molecule has 0 fully saturated rings. The number of carbonyl (C=O) groups excluding carboxylic acids is 1. The summed E-state index contributed by atoms with van der Waals surface area (Å²) in [6.07, 6.45) is -0.0324. The molecule has 0 radical (unpaired) electrons. The molecule has 2 N–H and O–H groups in total. The van der Waals surface area contributed by atoms with Gasteiger partial charge in [-0.2, -0.15) is 0 Å². The number of nitrogens with one attached hydrogen (secondary N) is 2. The van der Waals surface area contributed by atoms with Gasteiger partial charge in [0.05, 0.1) is 16.7 Å². The molecule has 1 aromatic carbocycles. The fourth-order valence-electron chi connectivity index (χ4n) is 1.63. The van der Waals surface area contributed by atoms with Crippen molar-refractivity contribution < 1.29 is 9.53 Å². The zero-order chi connectivity index (χ0) is 16.0. The summed E-state index contributed by atoms with van der Waals surface area (Å²) in [4.78, 5) is 12.2. The molecule has 0 aliphatic carbocycles. The normalized spacial score (nSPS) is 13.9. The van der Waals surface area contributed by atoms with E-state index in [1.165, 1.54) is 0 Å². The molecule has 1 amide bonds. The Morgan fingerprint density at radius 2 is 1.95 bits per heavy atom. The van der Waals surface area contributed by atoms with Gasteiger partial charge in [-0.1, -0.05) is 25.4 Å². The van der Waals surface area contributed by atoms with Gasteiger partial charge in [0.2, 0.25) is 0 Å². The Bertz CT molecular complexity index is 477. The van der Waals surface area contributed by atoms with Gasteiger partial charge >= 0.3 is 0 Å². The lowest BCUT2D eigenvalue weighted by atomic mass is 10.1. The number of benzene rings is 1. The van der Waals surface area contributed by atoms with Crippen LogP contribution < -0.4 is 10.6 Å². The Hall–Kier alpha value is -1.26. The number of hydrogen-bond acceptors (Lipinski definition) is 3. The zero-order valence-electron chi connectivity index (χ0n) is 13.4. The van der Waals surface area contributed by atoms with E-state index in [0.29, 0.717) is 29.1 Å². The summed E-state index contributed by atoms with van der Waals surface area (Å²) in [5, 5.41) is 6.64. The Morgan fingerprint density at radius 3 is 2.52 bits per heavy atom. The van der Waals surface area contributed by atoms with Crippen molar-refractivity contribution in [3.8, 4) is 0 Å². The highest BCUT2D eigenvalue weighted by Gasteiger charge is 2.13. The first kappa shape index (κ1) is 17.8. The van der Waals surface area contributed by atoms with Crippen LogP contribution in [0.3, 0.4) is 0 Å². The van der Waals surface area contributed by atoms with Crippen molar-refractivity contribution >= 4 is 23.2 Å². The van der Waals surface area contributed by atoms with Crippen LogP contribution in [0.5, 0.6) is 0 Å². The zero-order valence-corrected chi connectivity index (χ0v) is 14.1. The van der Waals surface area contributed by atoms with Crippen LogP contribution in [-0.4, -0.2) is 31.7 Å². The van der Waals surface area contributed by atoms with E-state index in [-0.39, 0.29) is 12.0 Å². The average molecular weight is 313 g/mol. The monoisotopic (exact) mass is 312 g/mol. The number of ether oxygens (including phenoxy) is 1. The van der Waals surface area contributed by atoms with E-state index >= 15 is 0 Å². The lowest BCUT2D eigenvalue weighted by Gasteiger charge is -2.19. The quantitative estimate of drug-likeness (QED) is 0.809. The molecule has 5 heteroatoms. The van der Waals surface area contributed by atoms with Crippen LogP contribution in [0.25, 0.3) is 0 Å². The highest BCUT2D eigenvalue weighted by atomic mass is 35.5. The van der Waals surface area contributed by atoms with E-state index in [1.807, 2.05) is 13.0 Å². The molecule has 1 rings (SSSR count). The predicted octanol–water partition coefficient (Wildman–Crippen LogP) is 3.56. The molecular formula is C16H25ClN2O2. The van der Waals surface area contributed by atoms with E-state index < -0.39 is 0 Å². The van der Waals surface area contributed by atoms with Gasteiger partial charge in [-0.05, 0) is 38.0 Å². The van der Waals surface area contributed by atoms with Gasteiger partial charge in [0.15, 0.2) is 0 Å². The molecule has 0 aliphatic heterocycles. The number of rotatable bonds is 7. The first-order chi connectivity index (χ1) is 9.85. The maximum absolute atomic E-state index is 12.2. The summed E-state index contributed by atoms with van der Waals surface area (Å²) in [7, 11) is 1.61. The number of hydrogen-bond donors (Lipinski definition) is 2. The lowest BCUT2D eigenvalue weighted by Crippen LogP contribution is -2.31. The van der Waals surface area contributed by atoms with Crippen LogP contribution in [0.1, 0.15) is 38.1 Å². The largest absolute Gasteiger partial charge is 0.382 e. The van der Waals surface area contributed by atoms with Gasteiger partial charge in [-0.25, -0.2) is 0 Å². The van der Waals surface area contributed by atoms with Crippen LogP contribution in [0.15, 0.2) is 18.2 Å². The summed E-state index contributed by atoms with van der Waals surface area (Å²) in [5.74, 6) is 0.310. The summed E-state index contributed by atoms with van der Waals surface area (Å²) >= 11 is 6.12. The molecule has 0 bridgehead atoms. The molecule has 0 unspecified atom stereocenters. The van der Waals surface area contributed by atoms with Crippen molar-refractivity contribution in [2.45, 2.75) is 39.8 Å². The average Bonchev–Trinajstić information content (AvgIpc) is 2.46. The number of methoxy groups -OCH3 is 1. The predicted molar refractivity (Wildman–Crippen MR) is 88.2 cm³/mol. The highest BCUT2D eigenvalue weighted by molar-refractivity contribution is 6.34. The third-order valence-corrected chi connectivity index (χ3v) is 3.89. The molecule has 0 heterocycles. The fourth-order valence-corrected chi connectivity index (χ4v) is 1.84. The minimum atomic E-state index is -0.190. The first-order valence-electron chi connectivity index (χ1n) is 7.22. The molecule has 2 atom stereocenters. The van der Waals surface area contributed by atoms with Gasteiger partial charge in [0, 0.05) is 25.4 Å². The van der Waals surface area contributed by atoms with E-state index in [4.69, 9.17) is 16.3 Å². The lowest BCUT2D eigenvalue weighted by molar-refractivity contribution is 0.0870. The second-order valence-corrected chi connectivity index (χ2v) is 6.04. The van der Waals surface area contributed by atoms with Crippen molar-refractivity contribution in [2.24, 2.45) is 5.92 Å². The van der Waals surface area contributed by atoms with Crippen molar-refractivity contribution in [1.29, 1.82) is 0 Å². The van der Waals surface area contributed by atoms with Crippen LogP contribution in [0.4, 0.5) is 5.69 Å². The number of halogens is 1. The Labute approximate surface area is 132 Å². The molecule has 118 valence electrons. The molecule has 0 aromatic heterocycles. The first-order valence-corrected chi connectivity index (χ1v) is 7.60. The second kappa shape index (κ2) is 8.25. The topological polar surface area (TPSA) is 50.4 Å². The standard InChI is InChI=1S/C16H25ClN2O2/c1-10(2)12(4)19-13-6-7-15(17)14(8-13)16(20)18-9-11(3)21-5/h6-8,10-12,19H,9H2,1-5H3,(H,18,20)/t11-,12-/m0/s1. The molecule has 0 aliphatic rings. The van der Waals surface area contributed by atoms with E-state index in [2.05, 4.69) is 31.4 Å². The highest BCUT2D eigenvalue weighted by Crippen LogP contribution is 2.22. The Balaban J connectivity index is 2.79. The summed E-state index contributed by atoms with van der Waals surface area (Å²) in [6.45, 7) is 8.75. The molecule has 21 heavy (non-hydrogen) atoms. The third-order valence-electron chi connectivity index (χ3n) is 3.56. The third kappa shape index (κ3) is 5.56. The molecule has 0 saturated heterocycles. The van der Waals surface area contributed by atoms with Crippen LogP contribution >= 0.6 is 11.6 Å². The molecule has 0 spiro atoms. The minimum Gasteiger partial charge on any atom is -0.382 e. The SMILES string of the molecule is CO[C@@H](C)CNC(=O)c1cc(N[C@@H](C)C(C)C)ccc1Cl. The van der Waals surface area contributed by atoms with E-state index in [9.17, 15) is 4.79 Å². The Morgan fingerprint density at radius 1 is 1.29 bits per heavy atom. The molecule has 1 aromatic rings. The molecular weight excluding hydrogens is 288 g/mol.